The molecule has 0 atom stereocenters. The van der Waals surface area contributed by atoms with Gasteiger partial charge >= 0.3 is 6.18 Å². The zero-order valence-electron chi connectivity index (χ0n) is 8.29. The van der Waals surface area contributed by atoms with Gasteiger partial charge in [-0.1, -0.05) is 11.8 Å². The maximum Gasteiger partial charge on any atom is 0.436 e. The monoisotopic (exact) mass is 217 g/mol. The minimum absolute atomic E-state index is 0.0854. The van der Waals surface area contributed by atoms with Crippen LogP contribution in [0, 0.1) is 18.8 Å². The van der Waals surface area contributed by atoms with Gasteiger partial charge in [-0.25, -0.2) is 0 Å². The van der Waals surface area contributed by atoms with Gasteiger partial charge in [0.2, 0.25) is 0 Å². The number of rotatable bonds is 1. The SMILES string of the molecule is CNCC#Cc1c(C(F)(F)F)n[nH]c1C. The summed E-state index contributed by atoms with van der Waals surface area (Å²) in [6.07, 6.45) is -4.46. The van der Waals surface area contributed by atoms with Crippen molar-refractivity contribution in [3.05, 3.63) is 17.0 Å². The van der Waals surface area contributed by atoms with E-state index in [-0.39, 0.29) is 5.56 Å². The molecule has 0 saturated heterocycles. The molecule has 1 aromatic heterocycles. The Morgan fingerprint density at radius 2 is 2.13 bits per heavy atom. The number of hydrogen-bond acceptors (Lipinski definition) is 2. The van der Waals surface area contributed by atoms with Crippen molar-refractivity contribution < 1.29 is 13.2 Å². The van der Waals surface area contributed by atoms with Crippen LogP contribution in [0.25, 0.3) is 0 Å². The van der Waals surface area contributed by atoms with Gasteiger partial charge in [-0.05, 0) is 14.0 Å². The summed E-state index contributed by atoms with van der Waals surface area (Å²) in [4.78, 5) is 0. The quantitative estimate of drug-likeness (QED) is 0.696. The van der Waals surface area contributed by atoms with Gasteiger partial charge in [-0.15, -0.1) is 0 Å². The number of alkyl halides is 3. The molecule has 1 aromatic rings. The molecule has 0 unspecified atom stereocenters. The number of H-pyrrole nitrogens is 1. The topological polar surface area (TPSA) is 40.7 Å². The summed E-state index contributed by atoms with van der Waals surface area (Å²) in [5, 5.41) is 8.19. The van der Waals surface area contributed by atoms with Crippen molar-refractivity contribution in [2.45, 2.75) is 13.1 Å². The molecule has 0 saturated carbocycles. The maximum atomic E-state index is 12.4. The minimum atomic E-state index is -4.46. The van der Waals surface area contributed by atoms with Gasteiger partial charge < -0.3 is 5.32 Å². The van der Waals surface area contributed by atoms with Crippen LogP contribution in [0.2, 0.25) is 0 Å². The molecule has 82 valence electrons. The Balaban J connectivity index is 3.07. The predicted molar refractivity (Wildman–Crippen MR) is 49.1 cm³/mol. The van der Waals surface area contributed by atoms with E-state index < -0.39 is 11.9 Å². The second kappa shape index (κ2) is 4.36. The molecule has 0 amide bonds. The first-order valence-corrected chi connectivity index (χ1v) is 4.22. The maximum absolute atomic E-state index is 12.4. The zero-order chi connectivity index (χ0) is 11.5. The highest BCUT2D eigenvalue weighted by Gasteiger charge is 2.37. The van der Waals surface area contributed by atoms with Crippen molar-refractivity contribution in [2.24, 2.45) is 0 Å². The smallest absolute Gasteiger partial charge is 0.309 e. The van der Waals surface area contributed by atoms with Crippen LogP contribution in [-0.2, 0) is 6.18 Å². The molecule has 0 aliphatic rings. The molecule has 0 fully saturated rings. The lowest BCUT2D eigenvalue weighted by atomic mass is 10.2. The van der Waals surface area contributed by atoms with Gasteiger partial charge in [0.05, 0.1) is 12.1 Å². The molecule has 0 aromatic carbocycles. The van der Waals surface area contributed by atoms with Gasteiger partial charge in [-0.2, -0.15) is 18.3 Å². The van der Waals surface area contributed by atoms with Crippen LogP contribution in [0.3, 0.4) is 0 Å². The first kappa shape index (κ1) is 11.6. The molecule has 0 aliphatic carbocycles. The highest BCUT2D eigenvalue weighted by atomic mass is 19.4. The highest BCUT2D eigenvalue weighted by Crippen LogP contribution is 2.30. The summed E-state index contributed by atoms with van der Waals surface area (Å²) >= 11 is 0. The Kier molecular flexibility index (Phi) is 3.37. The third kappa shape index (κ3) is 2.73. The third-order valence-corrected chi connectivity index (χ3v) is 1.69. The fraction of sp³-hybridized carbons (Fsp3) is 0.444. The summed E-state index contributed by atoms with van der Waals surface area (Å²) in [7, 11) is 1.67. The number of nitrogens with zero attached hydrogens (tertiary/aromatic N) is 1. The number of aromatic amines is 1. The first-order valence-electron chi connectivity index (χ1n) is 4.22. The van der Waals surface area contributed by atoms with E-state index in [9.17, 15) is 13.2 Å². The standard InChI is InChI=1S/C9H10F3N3/c1-6-7(4-3-5-13-2)8(15-14-6)9(10,11)12/h13H,5H2,1-2H3,(H,14,15). The minimum Gasteiger partial charge on any atom is -0.309 e. The fourth-order valence-corrected chi connectivity index (χ4v) is 1.01. The molecule has 0 aliphatic heterocycles. The summed E-state index contributed by atoms with van der Waals surface area (Å²) in [6.45, 7) is 1.84. The van der Waals surface area contributed by atoms with Crippen LogP contribution in [0.5, 0.6) is 0 Å². The summed E-state index contributed by atoms with van der Waals surface area (Å²) in [6, 6.07) is 0. The highest BCUT2D eigenvalue weighted by molar-refractivity contribution is 5.42. The van der Waals surface area contributed by atoms with Crippen LogP contribution in [0.1, 0.15) is 17.0 Å². The van der Waals surface area contributed by atoms with E-state index in [0.717, 1.165) is 0 Å². The van der Waals surface area contributed by atoms with Crippen LogP contribution in [0.4, 0.5) is 13.2 Å². The van der Waals surface area contributed by atoms with Gasteiger partial charge in [0.25, 0.3) is 0 Å². The average Bonchev–Trinajstić information content (AvgIpc) is 2.48. The lowest BCUT2D eigenvalue weighted by Gasteiger charge is -2.01. The van der Waals surface area contributed by atoms with Crippen LogP contribution < -0.4 is 5.32 Å². The second-order valence-electron chi connectivity index (χ2n) is 2.90. The molecular weight excluding hydrogens is 207 g/mol. The predicted octanol–water partition coefficient (Wildman–Crippen LogP) is 1.31. The van der Waals surface area contributed by atoms with Crippen LogP contribution in [0.15, 0.2) is 0 Å². The number of hydrogen-bond donors (Lipinski definition) is 2. The number of nitrogens with one attached hydrogen (secondary N) is 2. The molecular formula is C9H10F3N3. The fourth-order valence-electron chi connectivity index (χ4n) is 1.01. The molecule has 0 bridgehead atoms. The normalized spacial score (nSPS) is 11.0. The van der Waals surface area contributed by atoms with Crippen LogP contribution >= 0.6 is 0 Å². The Labute approximate surface area is 85.1 Å². The molecule has 0 spiro atoms. The number of aryl methyl sites for hydroxylation is 1. The molecule has 15 heavy (non-hydrogen) atoms. The van der Waals surface area contributed by atoms with Crippen molar-refractivity contribution in [1.29, 1.82) is 0 Å². The van der Waals surface area contributed by atoms with E-state index in [4.69, 9.17) is 0 Å². The largest absolute Gasteiger partial charge is 0.436 e. The van der Waals surface area contributed by atoms with Crippen molar-refractivity contribution in [3.8, 4) is 11.8 Å². The molecule has 2 N–H and O–H groups in total. The van der Waals surface area contributed by atoms with Crippen LogP contribution in [-0.4, -0.2) is 23.8 Å². The molecule has 3 nitrogen and oxygen atoms in total. The van der Waals surface area contributed by atoms with E-state index in [0.29, 0.717) is 12.2 Å². The first-order chi connectivity index (χ1) is 6.96. The van der Waals surface area contributed by atoms with Gasteiger partial charge in [0.15, 0.2) is 5.69 Å². The average molecular weight is 217 g/mol. The van der Waals surface area contributed by atoms with E-state index in [1.807, 2.05) is 0 Å². The summed E-state index contributed by atoms with van der Waals surface area (Å²) in [5.74, 6) is 5.01. The summed E-state index contributed by atoms with van der Waals surface area (Å²) < 4.78 is 37.2. The molecule has 6 heteroatoms. The Bertz CT molecular complexity index is 395. The molecule has 1 rings (SSSR count). The zero-order valence-corrected chi connectivity index (χ0v) is 8.29. The lowest BCUT2D eigenvalue weighted by Crippen LogP contribution is -2.08. The third-order valence-electron chi connectivity index (χ3n) is 1.69. The van der Waals surface area contributed by atoms with Gasteiger partial charge in [0, 0.05) is 5.69 Å². The van der Waals surface area contributed by atoms with Crippen molar-refractivity contribution in [1.82, 2.24) is 15.5 Å². The van der Waals surface area contributed by atoms with Gasteiger partial charge in [0.1, 0.15) is 0 Å². The summed E-state index contributed by atoms with van der Waals surface area (Å²) in [5.41, 5.74) is -0.715. The van der Waals surface area contributed by atoms with E-state index in [2.05, 4.69) is 27.4 Å². The Morgan fingerprint density at radius 1 is 1.47 bits per heavy atom. The van der Waals surface area contributed by atoms with E-state index in [1.165, 1.54) is 6.92 Å². The number of aromatic nitrogens is 2. The van der Waals surface area contributed by atoms with E-state index >= 15 is 0 Å². The molecule has 0 radical (unpaired) electrons. The van der Waals surface area contributed by atoms with Gasteiger partial charge in [-0.3, -0.25) is 5.10 Å². The van der Waals surface area contributed by atoms with Crippen molar-refractivity contribution >= 4 is 0 Å². The Hall–Kier alpha value is -1.48. The molecule has 1 heterocycles. The lowest BCUT2D eigenvalue weighted by molar-refractivity contribution is -0.141. The Morgan fingerprint density at radius 3 is 2.67 bits per heavy atom. The number of halogens is 3. The van der Waals surface area contributed by atoms with Crippen molar-refractivity contribution in [3.63, 3.8) is 0 Å². The van der Waals surface area contributed by atoms with Crippen molar-refractivity contribution in [2.75, 3.05) is 13.6 Å². The van der Waals surface area contributed by atoms with E-state index in [1.54, 1.807) is 7.05 Å². The second-order valence-corrected chi connectivity index (χ2v) is 2.90.